The van der Waals surface area contributed by atoms with Crippen molar-refractivity contribution in [2.45, 2.75) is 32.4 Å². The topological polar surface area (TPSA) is 42.0 Å². The predicted molar refractivity (Wildman–Crippen MR) is 90.8 cm³/mol. The Morgan fingerprint density at radius 3 is 2.43 bits per heavy atom. The second-order valence-electron chi connectivity index (χ2n) is 6.22. The number of hydrogen-bond donors (Lipinski definition) is 0. The molecule has 0 aliphatic carbocycles. The van der Waals surface area contributed by atoms with E-state index in [4.69, 9.17) is 9.47 Å². The van der Waals surface area contributed by atoms with Crippen LogP contribution in [0.5, 0.6) is 5.75 Å². The summed E-state index contributed by atoms with van der Waals surface area (Å²) in [6.07, 6.45) is 0.390. The molecule has 5 heteroatoms. The summed E-state index contributed by atoms with van der Waals surface area (Å²) in [6, 6.07) is 8.41. The molecule has 0 aromatic heterocycles. The molecule has 1 aliphatic heterocycles. The third kappa shape index (κ3) is 4.45. The van der Waals surface area contributed by atoms with Crippen molar-refractivity contribution in [3.05, 3.63) is 29.8 Å². The van der Waals surface area contributed by atoms with E-state index in [1.807, 2.05) is 29.2 Å². The highest BCUT2D eigenvalue weighted by Crippen LogP contribution is 2.21. The average molecular weight is 320 g/mol. The van der Waals surface area contributed by atoms with Gasteiger partial charge in [0.05, 0.1) is 20.1 Å². The summed E-state index contributed by atoms with van der Waals surface area (Å²) in [7, 11) is 3.37. The summed E-state index contributed by atoms with van der Waals surface area (Å²) >= 11 is 0. The van der Waals surface area contributed by atoms with Crippen molar-refractivity contribution in [3.63, 3.8) is 0 Å². The number of amides is 1. The molecule has 128 valence electrons. The highest BCUT2D eigenvalue weighted by molar-refractivity contribution is 5.79. The Balaban J connectivity index is 1.98. The van der Waals surface area contributed by atoms with E-state index in [0.717, 1.165) is 37.6 Å². The van der Waals surface area contributed by atoms with Gasteiger partial charge in [-0.05, 0) is 19.9 Å². The van der Waals surface area contributed by atoms with Crippen LogP contribution in [-0.4, -0.2) is 68.3 Å². The lowest BCUT2D eigenvalue weighted by atomic mass is 10.1. The summed E-state index contributed by atoms with van der Waals surface area (Å²) in [4.78, 5) is 17.1. The van der Waals surface area contributed by atoms with Crippen LogP contribution in [0.25, 0.3) is 0 Å². The molecule has 0 radical (unpaired) electrons. The van der Waals surface area contributed by atoms with Crippen LogP contribution in [0.1, 0.15) is 19.4 Å². The van der Waals surface area contributed by atoms with Crippen LogP contribution in [0.15, 0.2) is 24.3 Å². The van der Waals surface area contributed by atoms with Gasteiger partial charge in [0, 0.05) is 44.4 Å². The van der Waals surface area contributed by atoms with Gasteiger partial charge < -0.3 is 14.4 Å². The number of nitrogens with zero attached hydrogens (tertiary/aromatic N) is 2. The number of hydrogen-bond acceptors (Lipinski definition) is 4. The second kappa shape index (κ2) is 8.31. The molecule has 0 spiro atoms. The molecule has 1 aliphatic rings. The number of benzene rings is 1. The fraction of sp³-hybridized carbons (Fsp3) is 0.611. The van der Waals surface area contributed by atoms with Gasteiger partial charge in [-0.3, -0.25) is 9.69 Å². The first-order valence-corrected chi connectivity index (χ1v) is 8.21. The zero-order valence-corrected chi connectivity index (χ0v) is 14.6. The van der Waals surface area contributed by atoms with Crippen molar-refractivity contribution < 1.29 is 14.3 Å². The number of carbonyl (C=O) groups excluding carboxylic acids is 1. The minimum atomic E-state index is 0.166. The van der Waals surface area contributed by atoms with Crippen molar-refractivity contribution in [1.82, 2.24) is 9.80 Å². The molecule has 5 nitrogen and oxygen atoms in total. The number of methoxy groups -OCH3 is 2. The number of para-hydroxylation sites is 1. The van der Waals surface area contributed by atoms with Crippen LogP contribution >= 0.6 is 0 Å². The van der Waals surface area contributed by atoms with Crippen LogP contribution < -0.4 is 4.74 Å². The monoisotopic (exact) mass is 320 g/mol. The van der Waals surface area contributed by atoms with E-state index in [1.54, 1.807) is 14.2 Å². The molecular weight excluding hydrogens is 292 g/mol. The lowest BCUT2D eigenvalue weighted by molar-refractivity contribution is -0.135. The minimum absolute atomic E-state index is 0.166. The molecule has 1 aromatic rings. The maximum Gasteiger partial charge on any atom is 0.227 e. The zero-order chi connectivity index (χ0) is 16.8. The van der Waals surface area contributed by atoms with Crippen LogP contribution in [0.2, 0.25) is 0 Å². The molecule has 2 unspecified atom stereocenters. The standard InChI is InChI=1S/C18H28N2O3/c1-14-12-19(13-15(2)20(14)9-10-22-3)18(21)11-16-7-5-6-8-17(16)23-4/h5-8,14-15H,9-13H2,1-4H3. The Hall–Kier alpha value is -1.59. The van der Waals surface area contributed by atoms with Gasteiger partial charge in [-0.25, -0.2) is 0 Å². The Bertz CT molecular complexity index is 509. The van der Waals surface area contributed by atoms with Gasteiger partial charge >= 0.3 is 0 Å². The smallest absolute Gasteiger partial charge is 0.227 e. The summed E-state index contributed by atoms with van der Waals surface area (Å²) < 4.78 is 10.5. The van der Waals surface area contributed by atoms with Crippen molar-refractivity contribution in [1.29, 1.82) is 0 Å². The molecule has 0 bridgehead atoms. The molecule has 1 amide bonds. The van der Waals surface area contributed by atoms with Crippen LogP contribution in [0.3, 0.4) is 0 Å². The van der Waals surface area contributed by atoms with Gasteiger partial charge in [-0.2, -0.15) is 0 Å². The van der Waals surface area contributed by atoms with Gasteiger partial charge in [0.15, 0.2) is 0 Å². The molecule has 0 saturated carbocycles. The van der Waals surface area contributed by atoms with E-state index in [-0.39, 0.29) is 5.91 Å². The molecule has 2 atom stereocenters. The Morgan fingerprint density at radius 2 is 1.83 bits per heavy atom. The minimum Gasteiger partial charge on any atom is -0.496 e. The normalized spacial score (nSPS) is 22.2. The fourth-order valence-corrected chi connectivity index (χ4v) is 3.32. The van der Waals surface area contributed by atoms with Gasteiger partial charge in [-0.15, -0.1) is 0 Å². The Kier molecular flexibility index (Phi) is 6.42. The van der Waals surface area contributed by atoms with Crippen molar-refractivity contribution in [3.8, 4) is 5.75 Å². The first-order valence-electron chi connectivity index (χ1n) is 8.21. The summed E-state index contributed by atoms with van der Waals surface area (Å²) in [5.74, 6) is 0.945. The lowest BCUT2D eigenvalue weighted by Crippen LogP contribution is -2.58. The SMILES string of the molecule is COCCN1C(C)CN(C(=O)Cc2ccccc2OC)CC1C. The number of rotatable bonds is 6. The third-order valence-corrected chi connectivity index (χ3v) is 4.54. The third-order valence-electron chi connectivity index (χ3n) is 4.54. The van der Waals surface area contributed by atoms with E-state index < -0.39 is 0 Å². The molecule has 1 heterocycles. The van der Waals surface area contributed by atoms with E-state index in [1.165, 1.54) is 0 Å². The van der Waals surface area contributed by atoms with Crippen molar-refractivity contribution >= 4 is 5.91 Å². The molecule has 1 aromatic carbocycles. The summed E-state index contributed by atoms with van der Waals surface area (Å²) in [6.45, 7) is 7.52. The fourth-order valence-electron chi connectivity index (χ4n) is 3.32. The first kappa shape index (κ1) is 17.8. The molecule has 1 fully saturated rings. The van der Waals surface area contributed by atoms with Crippen LogP contribution in [-0.2, 0) is 16.0 Å². The second-order valence-corrected chi connectivity index (χ2v) is 6.22. The predicted octanol–water partition coefficient (Wildman–Crippen LogP) is 1.81. The summed E-state index contributed by atoms with van der Waals surface area (Å²) in [5, 5.41) is 0. The quantitative estimate of drug-likeness (QED) is 0.802. The highest BCUT2D eigenvalue weighted by Gasteiger charge is 2.31. The van der Waals surface area contributed by atoms with Gasteiger partial charge in [0.1, 0.15) is 5.75 Å². The molecule has 0 N–H and O–H groups in total. The molecular formula is C18H28N2O3. The molecule has 23 heavy (non-hydrogen) atoms. The Labute approximate surface area is 139 Å². The molecule has 2 rings (SSSR count). The highest BCUT2D eigenvalue weighted by atomic mass is 16.5. The van der Waals surface area contributed by atoms with E-state index >= 15 is 0 Å². The Morgan fingerprint density at radius 1 is 1.17 bits per heavy atom. The number of piperazine rings is 1. The number of carbonyl (C=O) groups is 1. The van der Waals surface area contributed by atoms with E-state index in [9.17, 15) is 4.79 Å². The van der Waals surface area contributed by atoms with Crippen molar-refractivity contribution in [2.75, 3.05) is 40.5 Å². The lowest BCUT2D eigenvalue weighted by Gasteiger charge is -2.44. The first-order chi connectivity index (χ1) is 11.1. The number of ether oxygens (including phenoxy) is 2. The van der Waals surface area contributed by atoms with E-state index in [2.05, 4.69) is 18.7 Å². The maximum absolute atomic E-state index is 12.7. The van der Waals surface area contributed by atoms with Gasteiger partial charge in [0.25, 0.3) is 0 Å². The van der Waals surface area contributed by atoms with Crippen LogP contribution in [0, 0.1) is 0 Å². The molecule has 1 saturated heterocycles. The van der Waals surface area contributed by atoms with Crippen molar-refractivity contribution in [2.24, 2.45) is 0 Å². The maximum atomic E-state index is 12.7. The van der Waals surface area contributed by atoms with Crippen LogP contribution in [0.4, 0.5) is 0 Å². The van der Waals surface area contributed by atoms with Gasteiger partial charge in [0.2, 0.25) is 5.91 Å². The zero-order valence-electron chi connectivity index (χ0n) is 14.6. The average Bonchev–Trinajstić information content (AvgIpc) is 2.54. The van der Waals surface area contributed by atoms with E-state index in [0.29, 0.717) is 18.5 Å². The largest absolute Gasteiger partial charge is 0.496 e. The summed E-state index contributed by atoms with van der Waals surface area (Å²) in [5.41, 5.74) is 0.946. The van der Waals surface area contributed by atoms with Gasteiger partial charge in [-0.1, -0.05) is 18.2 Å².